The van der Waals surface area contributed by atoms with Gasteiger partial charge < -0.3 is 19.8 Å². The first kappa shape index (κ1) is 14.4. The van der Waals surface area contributed by atoms with Crippen LogP contribution < -0.4 is 10.7 Å². The van der Waals surface area contributed by atoms with Gasteiger partial charge in [0.25, 0.3) is 5.91 Å². The minimum Gasteiger partial charge on any atom is -0.382 e. The van der Waals surface area contributed by atoms with E-state index < -0.39 is 0 Å². The largest absolute Gasteiger partial charge is 0.382 e. The van der Waals surface area contributed by atoms with E-state index in [4.69, 9.17) is 9.47 Å². The number of aromatic amines is 1. The second-order valence-corrected chi connectivity index (χ2v) is 3.64. The Morgan fingerprint density at radius 1 is 1.39 bits per heavy atom. The predicted molar refractivity (Wildman–Crippen MR) is 66.7 cm³/mol. The van der Waals surface area contributed by atoms with Crippen LogP contribution in [0.5, 0.6) is 0 Å². The number of H-pyrrole nitrogens is 1. The van der Waals surface area contributed by atoms with E-state index in [0.29, 0.717) is 32.8 Å². The van der Waals surface area contributed by atoms with Gasteiger partial charge in [0.2, 0.25) is 0 Å². The topological polar surface area (TPSA) is 80.4 Å². The molecule has 0 fully saturated rings. The first-order chi connectivity index (χ1) is 8.75. The van der Waals surface area contributed by atoms with Gasteiger partial charge in [-0.2, -0.15) is 0 Å². The fourth-order valence-electron chi connectivity index (χ4n) is 1.31. The number of aromatic nitrogens is 1. The predicted octanol–water partition coefficient (Wildman–Crippen LogP) is 0.158. The third-order valence-corrected chi connectivity index (χ3v) is 2.25. The highest BCUT2D eigenvalue weighted by molar-refractivity contribution is 5.93. The lowest BCUT2D eigenvalue weighted by Gasteiger charge is -2.05. The fourth-order valence-corrected chi connectivity index (χ4v) is 1.31. The minimum absolute atomic E-state index is 0.123. The van der Waals surface area contributed by atoms with Gasteiger partial charge in [-0.05, 0) is 6.42 Å². The molecule has 0 aliphatic rings. The van der Waals surface area contributed by atoms with Crippen molar-refractivity contribution in [3.8, 4) is 0 Å². The minimum atomic E-state index is -0.367. The number of hydrogen-bond acceptors (Lipinski definition) is 4. The SMILES string of the molecule is COCCOCCCNC(=O)c1c[nH]ccc1=O. The molecule has 0 unspecified atom stereocenters. The Bertz CT molecular complexity index is 417. The van der Waals surface area contributed by atoms with Crippen LogP contribution in [0.1, 0.15) is 16.8 Å². The van der Waals surface area contributed by atoms with Crippen molar-refractivity contribution in [3.63, 3.8) is 0 Å². The molecule has 0 aromatic carbocycles. The summed E-state index contributed by atoms with van der Waals surface area (Å²) >= 11 is 0. The van der Waals surface area contributed by atoms with E-state index in [2.05, 4.69) is 10.3 Å². The molecule has 6 heteroatoms. The Labute approximate surface area is 105 Å². The Balaban J connectivity index is 2.18. The Hall–Kier alpha value is -1.66. The maximum Gasteiger partial charge on any atom is 0.256 e. The molecule has 0 bridgehead atoms. The molecule has 18 heavy (non-hydrogen) atoms. The number of hydrogen-bond donors (Lipinski definition) is 2. The highest BCUT2D eigenvalue weighted by Gasteiger charge is 2.07. The second kappa shape index (κ2) is 8.43. The summed E-state index contributed by atoms with van der Waals surface area (Å²) < 4.78 is 10.1. The first-order valence-electron chi connectivity index (χ1n) is 5.77. The maximum atomic E-state index is 11.6. The van der Waals surface area contributed by atoms with Crippen LogP contribution in [0, 0.1) is 0 Å². The van der Waals surface area contributed by atoms with Gasteiger partial charge in [-0.1, -0.05) is 0 Å². The summed E-state index contributed by atoms with van der Waals surface area (Å²) in [7, 11) is 1.61. The number of ether oxygens (including phenoxy) is 2. The zero-order valence-corrected chi connectivity index (χ0v) is 10.4. The molecule has 1 rings (SSSR count). The summed E-state index contributed by atoms with van der Waals surface area (Å²) in [5.74, 6) is -0.367. The van der Waals surface area contributed by atoms with Crippen molar-refractivity contribution >= 4 is 5.91 Å². The molecule has 0 spiro atoms. The standard InChI is InChI=1S/C12H18N2O4/c1-17-7-8-18-6-2-4-14-12(16)10-9-13-5-3-11(10)15/h3,5,9H,2,4,6-8H2,1H3,(H,13,15)(H,14,16). The van der Waals surface area contributed by atoms with Gasteiger partial charge in [0.05, 0.1) is 13.2 Å². The molecular weight excluding hydrogens is 236 g/mol. The summed E-state index contributed by atoms with van der Waals surface area (Å²) in [6.07, 6.45) is 3.58. The summed E-state index contributed by atoms with van der Waals surface area (Å²) in [5.41, 5.74) is -0.166. The zero-order valence-electron chi connectivity index (χ0n) is 10.4. The van der Waals surface area contributed by atoms with Crippen LogP contribution in [0.4, 0.5) is 0 Å². The van der Waals surface area contributed by atoms with Crippen LogP contribution in [0.15, 0.2) is 23.3 Å². The number of carbonyl (C=O) groups excluding carboxylic acids is 1. The van der Waals surface area contributed by atoms with Crippen molar-refractivity contribution in [2.75, 3.05) is 33.5 Å². The van der Waals surface area contributed by atoms with Gasteiger partial charge in [-0.15, -0.1) is 0 Å². The summed E-state index contributed by atoms with van der Waals surface area (Å²) in [6, 6.07) is 1.32. The van der Waals surface area contributed by atoms with Crippen molar-refractivity contribution < 1.29 is 14.3 Å². The second-order valence-electron chi connectivity index (χ2n) is 3.64. The average Bonchev–Trinajstić information content (AvgIpc) is 2.38. The molecule has 0 aliphatic heterocycles. The van der Waals surface area contributed by atoms with E-state index in [1.165, 1.54) is 18.5 Å². The quantitative estimate of drug-likeness (QED) is 0.647. The molecule has 1 aromatic heterocycles. The van der Waals surface area contributed by atoms with Gasteiger partial charge in [-0.3, -0.25) is 9.59 Å². The van der Waals surface area contributed by atoms with E-state index in [1.807, 2.05) is 0 Å². The molecule has 1 heterocycles. The number of pyridine rings is 1. The Kier molecular flexibility index (Phi) is 6.75. The lowest BCUT2D eigenvalue weighted by atomic mass is 10.2. The van der Waals surface area contributed by atoms with E-state index >= 15 is 0 Å². The highest BCUT2D eigenvalue weighted by Crippen LogP contribution is 1.88. The molecule has 100 valence electrons. The molecular formula is C12H18N2O4. The van der Waals surface area contributed by atoms with Crippen molar-refractivity contribution in [2.45, 2.75) is 6.42 Å². The van der Waals surface area contributed by atoms with E-state index in [0.717, 1.165) is 0 Å². The molecule has 0 aliphatic carbocycles. The lowest BCUT2D eigenvalue weighted by molar-refractivity contribution is 0.0688. The van der Waals surface area contributed by atoms with Gasteiger partial charge in [0.1, 0.15) is 5.56 Å². The van der Waals surface area contributed by atoms with Crippen molar-refractivity contribution in [3.05, 3.63) is 34.2 Å². The summed E-state index contributed by atoms with van der Waals surface area (Å²) in [5, 5.41) is 2.66. The van der Waals surface area contributed by atoms with Crippen LogP contribution in [0.25, 0.3) is 0 Å². The number of methoxy groups -OCH3 is 1. The fraction of sp³-hybridized carbons (Fsp3) is 0.500. The van der Waals surface area contributed by atoms with E-state index in [1.54, 1.807) is 7.11 Å². The van der Waals surface area contributed by atoms with Crippen LogP contribution in [-0.4, -0.2) is 44.4 Å². The molecule has 2 N–H and O–H groups in total. The number of nitrogens with one attached hydrogen (secondary N) is 2. The van der Waals surface area contributed by atoms with Crippen LogP contribution in [-0.2, 0) is 9.47 Å². The van der Waals surface area contributed by atoms with E-state index in [9.17, 15) is 9.59 Å². The highest BCUT2D eigenvalue weighted by atomic mass is 16.5. The van der Waals surface area contributed by atoms with E-state index in [-0.39, 0.29) is 16.9 Å². The van der Waals surface area contributed by atoms with Crippen molar-refractivity contribution in [2.24, 2.45) is 0 Å². The Morgan fingerprint density at radius 2 is 2.22 bits per heavy atom. The van der Waals surface area contributed by atoms with Crippen molar-refractivity contribution in [1.82, 2.24) is 10.3 Å². The summed E-state index contributed by atoms with van der Waals surface area (Å²) in [4.78, 5) is 25.7. The molecule has 0 atom stereocenters. The van der Waals surface area contributed by atoms with Crippen LogP contribution in [0.3, 0.4) is 0 Å². The average molecular weight is 254 g/mol. The first-order valence-corrected chi connectivity index (χ1v) is 5.77. The maximum absolute atomic E-state index is 11.6. The number of rotatable bonds is 8. The van der Waals surface area contributed by atoms with Crippen molar-refractivity contribution in [1.29, 1.82) is 0 Å². The van der Waals surface area contributed by atoms with Crippen LogP contribution in [0.2, 0.25) is 0 Å². The monoisotopic (exact) mass is 254 g/mol. The van der Waals surface area contributed by atoms with Gasteiger partial charge in [0.15, 0.2) is 5.43 Å². The zero-order chi connectivity index (χ0) is 13.2. The molecule has 1 amide bonds. The third kappa shape index (κ3) is 5.11. The lowest BCUT2D eigenvalue weighted by Crippen LogP contribution is -2.29. The number of carbonyl (C=O) groups is 1. The molecule has 0 radical (unpaired) electrons. The van der Waals surface area contributed by atoms with Crippen LogP contribution >= 0.6 is 0 Å². The molecule has 0 saturated heterocycles. The normalized spacial score (nSPS) is 10.3. The molecule has 1 aromatic rings. The smallest absolute Gasteiger partial charge is 0.256 e. The molecule has 0 saturated carbocycles. The molecule has 6 nitrogen and oxygen atoms in total. The number of amides is 1. The summed E-state index contributed by atoms with van der Waals surface area (Å²) in [6.45, 7) is 2.13. The van der Waals surface area contributed by atoms with Gasteiger partial charge in [0, 0.05) is 38.7 Å². The van der Waals surface area contributed by atoms with Gasteiger partial charge >= 0.3 is 0 Å². The third-order valence-electron chi connectivity index (χ3n) is 2.25. The van der Waals surface area contributed by atoms with Gasteiger partial charge in [-0.25, -0.2) is 0 Å². The Morgan fingerprint density at radius 3 is 2.94 bits per heavy atom.